The molecule has 1 amide bonds. The zero-order valence-corrected chi connectivity index (χ0v) is 13.4. The standard InChI is InChI=1S/C19H18N4O/c1-14-5-4-7-15(11-14)23-16-8-10-21-18(12-16)19(24)22-13-17-6-2-3-9-20-17/h2-12H,13H2,1H3,(H,21,23)(H,22,24). The first kappa shape index (κ1) is 15.7. The highest BCUT2D eigenvalue weighted by Gasteiger charge is 2.08. The van der Waals surface area contributed by atoms with E-state index in [0.29, 0.717) is 12.2 Å². The molecule has 0 spiro atoms. The third-order valence-corrected chi connectivity index (χ3v) is 3.46. The van der Waals surface area contributed by atoms with Crippen molar-refractivity contribution in [3.05, 3.63) is 83.9 Å². The molecule has 0 saturated heterocycles. The Balaban J connectivity index is 1.67. The molecule has 24 heavy (non-hydrogen) atoms. The fourth-order valence-corrected chi connectivity index (χ4v) is 2.29. The van der Waals surface area contributed by atoms with Crippen LogP contribution in [0.3, 0.4) is 0 Å². The predicted molar refractivity (Wildman–Crippen MR) is 94.1 cm³/mol. The second kappa shape index (κ2) is 7.37. The first-order valence-electron chi connectivity index (χ1n) is 7.68. The number of nitrogens with zero attached hydrogens (tertiary/aromatic N) is 2. The Bertz CT molecular complexity index is 834. The Morgan fingerprint density at radius 1 is 0.958 bits per heavy atom. The number of hydrogen-bond donors (Lipinski definition) is 2. The van der Waals surface area contributed by atoms with Crippen LogP contribution in [0.1, 0.15) is 21.7 Å². The van der Waals surface area contributed by atoms with Crippen molar-refractivity contribution in [3.63, 3.8) is 0 Å². The molecular weight excluding hydrogens is 300 g/mol. The number of hydrogen-bond acceptors (Lipinski definition) is 4. The molecule has 2 aromatic heterocycles. The lowest BCUT2D eigenvalue weighted by Crippen LogP contribution is -2.24. The number of carbonyl (C=O) groups excluding carboxylic acids is 1. The summed E-state index contributed by atoms with van der Waals surface area (Å²) < 4.78 is 0. The van der Waals surface area contributed by atoms with E-state index in [2.05, 4.69) is 20.6 Å². The number of aryl methyl sites for hydroxylation is 1. The zero-order valence-electron chi connectivity index (χ0n) is 13.4. The minimum Gasteiger partial charge on any atom is -0.355 e. The van der Waals surface area contributed by atoms with E-state index in [9.17, 15) is 4.79 Å². The molecule has 120 valence electrons. The van der Waals surface area contributed by atoms with Gasteiger partial charge in [0.05, 0.1) is 12.2 Å². The number of benzene rings is 1. The van der Waals surface area contributed by atoms with Crippen molar-refractivity contribution in [1.29, 1.82) is 0 Å². The van der Waals surface area contributed by atoms with E-state index in [1.807, 2.05) is 55.5 Å². The van der Waals surface area contributed by atoms with E-state index in [1.54, 1.807) is 18.5 Å². The molecule has 0 fully saturated rings. The minimum absolute atomic E-state index is 0.228. The molecule has 0 saturated carbocycles. The molecule has 0 aliphatic carbocycles. The maximum atomic E-state index is 12.2. The number of nitrogens with one attached hydrogen (secondary N) is 2. The highest BCUT2D eigenvalue weighted by atomic mass is 16.1. The smallest absolute Gasteiger partial charge is 0.270 e. The minimum atomic E-state index is -0.228. The lowest BCUT2D eigenvalue weighted by atomic mass is 10.2. The van der Waals surface area contributed by atoms with Crippen LogP contribution in [0.2, 0.25) is 0 Å². The van der Waals surface area contributed by atoms with Gasteiger partial charge in [-0.1, -0.05) is 18.2 Å². The second-order valence-corrected chi connectivity index (χ2v) is 5.43. The summed E-state index contributed by atoms with van der Waals surface area (Å²) in [6.07, 6.45) is 3.32. The maximum Gasteiger partial charge on any atom is 0.270 e. The topological polar surface area (TPSA) is 66.9 Å². The van der Waals surface area contributed by atoms with E-state index in [-0.39, 0.29) is 5.91 Å². The maximum absolute atomic E-state index is 12.2. The normalized spacial score (nSPS) is 10.2. The number of aromatic nitrogens is 2. The van der Waals surface area contributed by atoms with Gasteiger partial charge in [-0.3, -0.25) is 14.8 Å². The number of pyridine rings is 2. The largest absolute Gasteiger partial charge is 0.355 e. The van der Waals surface area contributed by atoms with Gasteiger partial charge in [0.2, 0.25) is 0 Å². The molecule has 3 aromatic rings. The van der Waals surface area contributed by atoms with Crippen LogP contribution in [0, 0.1) is 6.92 Å². The summed E-state index contributed by atoms with van der Waals surface area (Å²) >= 11 is 0. The molecule has 5 heteroatoms. The highest BCUT2D eigenvalue weighted by molar-refractivity contribution is 5.93. The van der Waals surface area contributed by atoms with Crippen molar-refractivity contribution in [1.82, 2.24) is 15.3 Å². The van der Waals surface area contributed by atoms with E-state index in [1.165, 1.54) is 5.56 Å². The van der Waals surface area contributed by atoms with Gasteiger partial charge in [0.15, 0.2) is 0 Å². The Labute approximate surface area is 140 Å². The van der Waals surface area contributed by atoms with Crippen LogP contribution in [-0.2, 0) is 6.54 Å². The number of carbonyl (C=O) groups is 1. The Hall–Kier alpha value is -3.21. The molecule has 2 heterocycles. The van der Waals surface area contributed by atoms with E-state index < -0.39 is 0 Å². The molecule has 0 atom stereocenters. The van der Waals surface area contributed by atoms with Crippen LogP contribution in [0.5, 0.6) is 0 Å². The second-order valence-electron chi connectivity index (χ2n) is 5.43. The molecule has 1 aromatic carbocycles. The van der Waals surface area contributed by atoms with Gasteiger partial charge in [0.25, 0.3) is 5.91 Å². The van der Waals surface area contributed by atoms with Crippen LogP contribution in [0.4, 0.5) is 11.4 Å². The first-order valence-corrected chi connectivity index (χ1v) is 7.68. The fraction of sp³-hybridized carbons (Fsp3) is 0.105. The molecule has 0 bridgehead atoms. The van der Waals surface area contributed by atoms with Crippen molar-refractivity contribution in [2.75, 3.05) is 5.32 Å². The number of amides is 1. The van der Waals surface area contributed by atoms with Gasteiger partial charge in [-0.05, 0) is 48.9 Å². The van der Waals surface area contributed by atoms with Crippen molar-refractivity contribution in [2.24, 2.45) is 0 Å². The van der Waals surface area contributed by atoms with Crippen molar-refractivity contribution >= 4 is 17.3 Å². The van der Waals surface area contributed by atoms with Crippen LogP contribution in [0.15, 0.2) is 67.0 Å². The van der Waals surface area contributed by atoms with Gasteiger partial charge in [0.1, 0.15) is 5.69 Å². The van der Waals surface area contributed by atoms with Crippen LogP contribution in [-0.4, -0.2) is 15.9 Å². The summed E-state index contributed by atoms with van der Waals surface area (Å²) in [5.74, 6) is -0.228. The molecule has 0 aliphatic heterocycles. The lowest BCUT2D eigenvalue weighted by molar-refractivity contribution is 0.0945. The fourth-order valence-electron chi connectivity index (χ4n) is 2.29. The van der Waals surface area contributed by atoms with Gasteiger partial charge in [-0.15, -0.1) is 0 Å². The van der Waals surface area contributed by atoms with E-state index in [4.69, 9.17) is 0 Å². The van der Waals surface area contributed by atoms with Gasteiger partial charge in [0, 0.05) is 23.8 Å². The summed E-state index contributed by atoms with van der Waals surface area (Å²) in [7, 11) is 0. The third kappa shape index (κ3) is 4.16. The monoisotopic (exact) mass is 318 g/mol. The van der Waals surface area contributed by atoms with Crippen LogP contribution in [0.25, 0.3) is 0 Å². The predicted octanol–water partition coefficient (Wildman–Crippen LogP) is 3.46. The molecule has 5 nitrogen and oxygen atoms in total. The van der Waals surface area contributed by atoms with E-state index in [0.717, 1.165) is 17.1 Å². The van der Waals surface area contributed by atoms with Gasteiger partial charge >= 0.3 is 0 Å². The van der Waals surface area contributed by atoms with Crippen LogP contribution < -0.4 is 10.6 Å². The average molecular weight is 318 g/mol. The zero-order chi connectivity index (χ0) is 16.8. The Morgan fingerprint density at radius 2 is 1.83 bits per heavy atom. The Kier molecular flexibility index (Phi) is 4.81. The number of anilines is 2. The van der Waals surface area contributed by atoms with Gasteiger partial charge < -0.3 is 10.6 Å². The van der Waals surface area contributed by atoms with Crippen molar-refractivity contribution < 1.29 is 4.79 Å². The quantitative estimate of drug-likeness (QED) is 0.756. The van der Waals surface area contributed by atoms with Crippen molar-refractivity contribution in [3.8, 4) is 0 Å². The summed E-state index contributed by atoms with van der Waals surface area (Å²) in [5, 5.41) is 6.11. The van der Waals surface area contributed by atoms with Crippen molar-refractivity contribution in [2.45, 2.75) is 13.5 Å². The average Bonchev–Trinajstić information content (AvgIpc) is 2.61. The lowest BCUT2D eigenvalue weighted by Gasteiger charge is -2.09. The summed E-state index contributed by atoms with van der Waals surface area (Å²) in [4.78, 5) is 20.6. The SMILES string of the molecule is Cc1cccc(Nc2ccnc(C(=O)NCc3ccccn3)c2)c1. The molecule has 3 rings (SSSR count). The summed E-state index contributed by atoms with van der Waals surface area (Å²) in [5.41, 5.74) is 4.13. The summed E-state index contributed by atoms with van der Waals surface area (Å²) in [6, 6.07) is 17.2. The first-order chi connectivity index (χ1) is 11.7. The van der Waals surface area contributed by atoms with Gasteiger partial charge in [-0.25, -0.2) is 0 Å². The summed E-state index contributed by atoms with van der Waals surface area (Å²) in [6.45, 7) is 2.41. The van der Waals surface area contributed by atoms with Crippen LogP contribution >= 0.6 is 0 Å². The third-order valence-electron chi connectivity index (χ3n) is 3.46. The molecule has 0 aliphatic rings. The number of rotatable bonds is 5. The molecule has 2 N–H and O–H groups in total. The highest BCUT2D eigenvalue weighted by Crippen LogP contribution is 2.17. The van der Waals surface area contributed by atoms with Gasteiger partial charge in [-0.2, -0.15) is 0 Å². The molecule has 0 unspecified atom stereocenters. The molecular formula is C19H18N4O. The van der Waals surface area contributed by atoms with E-state index >= 15 is 0 Å². The Morgan fingerprint density at radius 3 is 2.62 bits per heavy atom. The molecule has 0 radical (unpaired) electrons.